The molecule has 0 fully saturated rings. The standard InChI is InChI=1S/C25H26N6O2/c1-17-14-27-25(28-16-23(33)31-13-11-19-7-3-5-9-21(19)31)29-24(17)26-15-22(32)30-12-10-18-6-2-4-8-20(18)30/h2-9,14H,10-13,15-16H2,1H3,(H2,26,27,28,29). The zero-order valence-corrected chi connectivity index (χ0v) is 18.5. The van der Waals surface area contributed by atoms with Crippen LogP contribution < -0.4 is 20.4 Å². The predicted molar refractivity (Wildman–Crippen MR) is 129 cm³/mol. The van der Waals surface area contributed by atoms with Gasteiger partial charge in [0.05, 0.1) is 13.1 Å². The number of para-hydroxylation sites is 2. The number of carbonyl (C=O) groups is 2. The summed E-state index contributed by atoms with van der Waals surface area (Å²) in [6.07, 6.45) is 3.42. The van der Waals surface area contributed by atoms with Gasteiger partial charge in [-0.2, -0.15) is 4.98 Å². The third kappa shape index (κ3) is 4.24. The molecule has 0 radical (unpaired) electrons. The van der Waals surface area contributed by atoms with Gasteiger partial charge in [-0.3, -0.25) is 9.59 Å². The van der Waals surface area contributed by atoms with E-state index in [0.29, 0.717) is 24.9 Å². The van der Waals surface area contributed by atoms with Crippen LogP contribution in [0.3, 0.4) is 0 Å². The fourth-order valence-corrected chi connectivity index (χ4v) is 4.41. The van der Waals surface area contributed by atoms with Crippen LogP contribution >= 0.6 is 0 Å². The van der Waals surface area contributed by atoms with Gasteiger partial charge in [0.1, 0.15) is 5.82 Å². The summed E-state index contributed by atoms with van der Waals surface area (Å²) >= 11 is 0. The van der Waals surface area contributed by atoms with Crippen LogP contribution in [-0.4, -0.2) is 48.0 Å². The number of carbonyl (C=O) groups excluding carboxylic acids is 2. The Labute approximate surface area is 192 Å². The van der Waals surface area contributed by atoms with Gasteiger partial charge in [-0.05, 0) is 43.0 Å². The minimum absolute atomic E-state index is 0.00431. The number of hydrogen-bond acceptors (Lipinski definition) is 6. The molecule has 8 heteroatoms. The molecule has 0 saturated carbocycles. The highest BCUT2D eigenvalue weighted by atomic mass is 16.2. The van der Waals surface area contributed by atoms with Crippen LogP contribution in [0, 0.1) is 6.92 Å². The highest BCUT2D eigenvalue weighted by Gasteiger charge is 2.25. The molecule has 0 unspecified atom stereocenters. The maximum Gasteiger partial charge on any atom is 0.246 e. The lowest BCUT2D eigenvalue weighted by molar-refractivity contribution is -0.117. The Bertz CT molecular complexity index is 1210. The van der Waals surface area contributed by atoms with Crippen molar-refractivity contribution in [1.29, 1.82) is 0 Å². The number of benzene rings is 2. The maximum atomic E-state index is 12.8. The van der Waals surface area contributed by atoms with Crippen LogP contribution in [-0.2, 0) is 22.4 Å². The van der Waals surface area contributed by atoms with Crippen molar-refractivity contribution in [2.24, 2.45) is 0 Å². The van der Waals surface area contributed by atoms with Crippen molar-refractivity contribution in [3.8, 4) is 0 Å². The number of anilines is 4. The van der Waals surface area contributed by atoms with E-state index in [4.69, 9.17) is 0 Å². The zero-order chi connectivity index (χ0) is 22.8. The van der Waals surface area contributed by atoms with Crippen molar-refractivity contribution in [3.05, 3.63) is 71.4 Å². The van der Waals surface area contributed by atoms with Crippen LogP contribution in [0.15, 0.2) is 54.7 Å². The van der Waals surface area contributed by atoms with Gasteiger partial charge in [0.15, 0.2) is 0 Å². The van der Waals surface area contributed by atoms with Crippen LogP contribution in [0.2, 0.25) is 0 Å². The first-order valence-corrected chi connectivity index (χ1v) is 11.2. The number of rotatable bonds is 6. The molecule has 0 atom stereocenters. The van der Waals surface area contributed by atoms with E-state index < -0.39 is 0 Å². The van der Waals surface area contributed by atoms with Crippen LogP contribution in [0.4, 0.5) is 23.1 Å². The lowest BCUT2D eigenvalue weighted by Gasteiger charge is -2.19. The third-order valence-electron chi connectivity index (χ3n) is 6.15. The van der Waals surface area contributed by atoms with Gasteiger partial charge in [-0.1, -0.05) is 36.4 Å². The lowest BCUT2D eigenvalue weighted by Crippen LogP contribution is -2.35. The molecule has 2 amide bonds. The van der Waals surface area contributed by atoms with Crippen molar-refractivity contribution in [2.45, 2.75) is 19.8 Å². The molecular formula is C25H26N6O2. The number of aromatic nitrogens is 2. The second-order valence-electron chi connectivity index (χ2n) is 8.28. The SMILES string of the molecule is Cc1cnc(NCC(=O)N2CCc3ccccc32)nc1NCC(=O)N1CCc2ccccc21. The number of nitrogens with zero attached hydrogens (tertiary/aromatic N) is 4. The average molecular weight is 443 g/mol. The Morgan fingerprint density at radius 2 is 1.39 bits per heavy atom. The predicted octanol–water partition coefficient (Wildman–Crippen LogP) is 2.79. The molecule has 8 nitrogen and oxygen atoms in total. The summed E-state index contributed by atoms with van der Waals surface area (Å²) in [4.78, 5) is 37.9. The Morgan fingerprint density at radius 1 is 0.848 bits per heavy atom. The van der Waals surface area contributed by atoms with E-state index in [1.54, 1.807) is 11.1 Å². The van der Waals surface area contributed by atoms with Gasteiger partial charge in [0, 0.05) is 36.2 Å². The molecule has 0 saturated heterocycles. The molecule has 2 aromatic carbocycles. The first-order valence-electron chi connectivity index (χ1n) is 11.2. The van der Waals surface area contributed by atoms with Gasteiger partial charge >= 0.3 is 0 Å². The topological polar surface area (TPSA) is 90.5 Å². The number of nitrogens with one attached hydrogen (secondary N) is 2. The lowest BCUT2D eigenvalue weighted by atomic mass is 10.2. The highest BCUT2D eigenvalue weighted by Crippen LogP contribution is 2.28. The molecule has 33 heavy (non-hydrogen) atoms. The van der Waals surface area contributed by atoms with E-state index in [9.17, 15) is 9.59 Å². The normalized spacial score (nSPS) is 14.1. The molecule has 3 aromatic rings. The first-order chi connectivity index (χ1) is 16.1. The monoisotopic (exact) mass is 442 g/mol. The number of fused-ring (bicyclic) bond motifs is 2. The van der Waals surface area contributed by atoms with Crippen LogP contribution in [0.25, 0.3) is 0 Å². The molecule has 2 aliphatic heterocycles. The van der Waals surface area contributed by atoms with Crippen molar-refractivity contribution in [2.75, 3.05) is 46.6 Å². The van der Waals surface area contributed by atoms with Gasteiger partial charge in [0.2, 0.25) is 17.8 Å². The Balaban J connectivity index is 1.19. The van der Waals surface area contributed by atoms with Crippen molar-refractivity contribution < 1.29 is 9.59 Å². The van der Waals surface area contributed by atoms with Gasteiger partial charge < -0.3 is 20.4 Å². The fourth-order valence-electron chi connectivity index (χ4n) is 4.41. The van der Waals surface area contributed by atoms with E-state index in [0.717, 1.165) is 29.8 Å². The quantitative estimate of drug-likeness (QED) is 0.610. The highest BCUT2D eigenvalue weighted by molar-refractivity contribution is 5.98. The maximum absolute atomic E-state index is 12.8. The zero-order valence-electron chi connectivity index (χ0n) is 18.5. The first kappa shape index (κ1) is 20.9. The van der Waals surface area contributed by atoms with Crippen molar-refractivity contribution in [3.63, 3.8) is 0 Å². The summed E-state index contributed by atoms with van der Waals surface area (Å²) < 4.78 is 0. The summed E-state index contributed by atoms with van der Waals surface area (Å²) in [5, 5.41) is 6.17. The Hall–Kier alpha value is -3.94. The second-order valence-corrected chi connectivity index (χ2v) is 8.28. The van der Waals surface area contributed by atoms with E-state index in [1.807, 2.05) is 48.2 Å². The molecule has 0 aliphatic carbocycles. The largest absolute Gasteiger partial charge is 0.361 e. The molecule has 5 rings (SSSR count). The van der Waals surface area contributed by atoms with E-state index >= 15 is 0 Å². The van der Waals surface area contributed by atoms with Crippen LogP contribution in [0.5, 0.6) is 0 Å². The molecule has 2 N–H and O–H groups in total. The Kier molecular flexibility index (Phi) is 5.64. The molecular weight excluding hydrogens is 416 g/mol. The van der Waals surface area contributed by atoms with Crippen molar-refractivity contribution in [1.82, 2.24) is 9.97 Å². The molecule has 1 aromatic heterocycles. The second kappa shape index (κ2) is 8.90. The van der Waals surface area contributed by atoms with Crippen molar-refractivity contribution >= 4 is 35.0 Å². The summed E-state index contributed by atoms with van der Waals surface area (Å²) in [6.45, 7) is 3.49. The number of amides is 2. The van der Waals surface area contributed by atoms with Gasteiger partial charge in [-0.25, -0.2) is 4.98 Å². The number of aryl methyl sites for hydroxylation is 1. The van der Waals surface area contributed by atoms with Gasteiger partial charge in [0.25, 0.3) is 0 Å². The summed E-state index contributed by atoms with van der Waals surface area (Å²) in [6, 6.07) is 16.0. The van der Waals surface area contributed by atoms with Gasteiger partial charge in [-0.15, -0.1) is 0 Å². The molecule has 2 aliphatic rings. The summed E-state index contributed by atoms with van der Waals surface area (Å²) in [5.74, 6) is 0.895. The van der Waals surface area contributed by atoms with E-state index in [2.05, 4.69) is 32.7 Å². The Morgan fingerprint density at radius 3 is 2.00 bits per heavy atom. The molecule has 3 heterocycles. The van der Waals surface area contributed by atoms with E-state index in [-0.39, 0.29) is 24.9 Å². The molecule has 168 valence electrons. The smallest absolute Gasteiger partial charge is 0.246 e. The summed E-state index contributed by atoms with van der Waals surface area (Å²) in [5.41, 5.74) is 5.16. The summed E-state index contributed by atoms with van der Waals surface area (Å²) in [7, 11) is 0. The third-order valence-corrected chi connectivity index (χ3v) is 6.15. The minimum Gasteiger partial charge on any atom is -0.361 e. The van der Waals surface area contributed by atoms with E-state index in [1.165, 1.54) is 11.1 Å². The fraction of sp³-hybridized carbons (Fsp3) is 0.280. The van der Waals surface area contributed by atoms with Crippen LogP contribution in [0.1, 0.15) is 16.7 Å². The average Bonchev–Trinajstić information content (AvgIpc) is 3.47. The minimum atomic E-state index is -0.0264. The number of hydrogen-bond donors (Lipinski definition) is 2. The molecule has 0 spiro atoms. The molecule has 0 bridgehead atoms.